The molecule has 2 aliphatic rings. The van der Waals surface area contributed by atoms with E-state index in [1.165, 1.54) is 0 Å². The number of carbonyl (C=O) groups is 1. The van der Waals surface area contributed by atoms with Gasteiger partial charge < -0.3 is 10.4 Å². The lowest BCUT2D eigenvalue weighted by atomic mass is 10.1. The molecule has 120 valence electrons. The quantitative estimate of drug-likeness (QED) is 0.751. The van der Waals surface area contributed by atoms with Gasteiger partial charge in [-0.3, -0.25) is 9.69 Å². The highest BCUT2D eigenvalue weighted by atomic mass is 16.3. The summed E-state index contributed by atoms with van der Waals surface area (Å²) in [5, 5.41) is 12.8. The van der Waals surface area contributed by atoms with Crippen LogP contribution in [0.25, 0.3) is 5.70 Å². The van der Waals surface area contributed by atoms with E-state index in [4.69, 9.17) is 0 Å². The first-order chi connectivity index (χ1) is 11.6. The Labute approximate surface area is 140 Å². The average Bonchev–Trinajstić information content (AvgIpc) is 2.90. The van der Waals surface area contributed by atoms with Crippen molar-refractivity contribution in [2.75, 3.05) is 6.54 Å². The molecule has 0 spiro atoms. The van der Waals surface area contributed by atoms with Gasteiger partial charge in [0.1, 0.15) is 18.3 Å². The van der Waals surface area contributed by atoms with Crippen molar-refractivity contribution in [3.63, 3.8) is 0 Å². The Balaban J connectivity index is 1.84. The normalized spacial score (nSPS) is 19.9. The number of phenols is 1. The number of hydrogen-bond donors (Lipinski definition) is 3. The third-order valence-electron chi connectivity index (χ3n) is 4.37. The summed E-state index contributed by atoms with van der Waals surface area (Å²) in [6, 6.07) is 16.7. The van der Waals surface area contributed by atoms with E-state index < -0.39 is 0 Å². The summed E-state index contributed by atoms with van der Waals surface area (Å²) >= 11 is 0. The van der Waals surface area contributed by atoms with Crippen LogP contribution in [0.3, 0.4) is 0 Å². The van der Waals surface area contributed by atoms with Gasteiger partial charge in [0.05, 0.1) is 5.56 Å². The molecule has 0 saturated carbocycles. The van der Waals surface area contributed by atoms with Gasteiger partial charge in [0, 0.05) is 5.56 Å². The summed E-state index contributed by atoms with van der Waals surface area (Å²) in [6.45, 7) is 2.35. The van der Waals surface area contributed by atoms with Crippen molar-refractivity contribution in [3.05, 3.63) is 71.5 Å². The van der Waals surface area contributed by atoms with Crippen LogP contribution in [0.5, 0.6) is 5.75 Å². The smallest absolute Gasteiger partial charge is 0.252 e. The summed E-state index contributed by atoms with van der Waals surface area (Å²) in [5.74, 6) is 1.11. The highest BCUT2D eigenvalue weighted by Gasteiger charge is 2.41. The highest BCUT2D eigenvalue weighted by molar-refractivity contribution is 6.03. The molecule has 4 rings (SSSR count). The number of nitrogens with one attached hydrogen (secondary N) is 2. The van der Waals surface area contributed by atoms with Gasteiger partial charge in [0.15, 0.2) is 5.82 Å². The summed E-state index contributed by atoms with van der Waals surface area (Å²) < 4.78 is 0. The fourth-order valence-corrected chi connectivity index (χ4v) is 3.10. The van der Waals surface area contributed by atoms with Crippen LogP contribution in [0.1, 0.15) is 18.1 Å². The predicted molar refractivity (Wildman–Crippen MR) is 90.9 cm³/mol. The number of carbonyl (C=O) groups excluding carboxylic acids is 1. The Morgan fingerprint density at radius 3 is 2.50 bits per heavy atom. The minimum Gasteiger partial charge on any atom is -0.508 e. The summed E-state index contributed by atoms with van der Waals surface area (Å²) in [5.41, 5.74) is 3.79. The molecule has 1 unspecified atom stereocenters. The molecule has 0 bridgehead atoms. The second kappa shape index (κ2) is 5.53. The van der Waals surface area contributed by atoms with Gasteiger partial charge in [0.2, 0.25) is 5.71 Å². The van der Waals surface area contributed by atoms with Crippen LogP contribution in [-0.2, 0) is 4.79 Å². The van der Waals surface area contributed by atoms with Gasteiger partial charge in [-0.25, -0.2) is 4.99 Å². The van der Waals surface area contributed by atoms with Gasteiger partial charge in [0.25, 0.3) is 11.6 Å². The molecule has 2 aromatic rings. The highest BCUT2D eigenvalue weighted by Crippen LogP contribution is 2.23. The number of benzene rings is 2. The van der Waals surface area contributed by atoms with E-state index in [-0.39, 0.29) is 17.7 Å². The minimum atomic E-state index is -0.236. The molecule has 0 aromatic heterocycles. The van der Waals surface area contributed by atoms with Crippen LogP contribution >= 0.6 is 0 Å². The molecule has 1 amide bonds. The predicted octanol–water partition coefficient (Wildman–Crippen LogP) is 0.422. The molecule has 0 aliphatic carbocycles. The number of rotatable bonds is 2. The van der Waals surface area contributed by atoms with E-state index in [0.29, 0.717) is 6.54 Å². The van der Waals surface area contributed by atoms with Crippen molar-refractivity contribution in [1.82, 2.24) is 10.2 Å². The van der Waals surface area contributed by atoms with Crippen molar-refractivity contribution in [3.8, 4) is 5.75 Å². The first-order valence-corrected chi connectivity index (χ1v) is 7.93. The van der Waals surface area contributed by atoms with Crippen molar-refractivity contribution in [2.24, 2.45) is 0 Å². The molecule has 3 N–H and O–H groups in total. The first kappa shape index (κ1) is 14.5. The molecule has 5 heteroatoms. The fourth-order valence-electron chi connectivity index (χ4n) is 3.10. The van der Waals surface area contributed by atoms with Gasteiger partial charge >= 0.3 is 0 Å². The van der Waals surface area contributed by atoms with E-state index in [9.17, 15) is 9.90 Å². The molecule has 0 radical (unpaired) electrons. The van der Waals surface area contributed by atoms with Gasteiger partial charge in [-0.05, 0) is 43.3 Å². The Bertz CT molecular complexity index is 854. The van der Waals surface area contributed by atoms with E-state index in [0.717, 1.165) is 28.4 Å². The lowest BCUT2D eigenvalue weighted by molar-refractivity contribution is -0.349. The average molecular weight is 320 g/mol. The number of nitrogens with zero attached hydrogens (tertiary/aromatic N) is 1. The second-order valence-electron chi connectivity index (χ2n) is 6.03. The minimum absolute atomic E-state index is 0.0659. The Kier molecular flexibility index (Phi) is 3.34. The summed E-state index contributed by atoms with van der Waals surface area (Å²) in [6.07, 6.45) is 0. The topological polar surface area (TPSA) is 66.5 Å². The lowest BCUT2D eigenvalue weighted by Gasteiger charge is -2.20. The number of hydrogen-bond acceptors (Lipinski definition) is 3. The Morgan fingerprint density at radius 1 is 1.08 bits per heavy atom. The summed E-state index contributed by atoms with van der Waals surface area (Å²) in [4.78, 5) is 17.8. The number of fused-ring (bicyclic) bond motifs is 1. The third kappa shape index (κ3) is 2.34. The van der Waals surface area contributed by atoms with E-state index >= 15 is 0 Å². The van der Waals surface area contributed by atoms with Crippen LogP contribution in [0.2, 0.25) is 0 Å². The van der Waals surface area contributed by atoms with Gasteiger partial charge in [-0.2, -0.15) is 0 Å². The van der Waals surface area contributed by atoms with Crippen molar-refractivity contribution < 1.29 is 14.9 Å². The van der Waals surface area contributed by atoms with Crippen LogP contribution < -0.4 is 10.3 Å². The SMILES string of the molecule is CC1NC2=C(c3ccccc3)[NH+]=C(c3ccc(O)cc3)CN2C1=O. The molecule has 1 atom stereocenters. The van der Waals surface area contributed by atoms with E-state index in [1.54, 1.807) is 17.0 Å². The molecule has 2 aromatic carbocycles. The number of amides is 1. The number of phenolic OH excluding ortho intramolecular Hbond substituents is 1. The van der Waals surface area contributed by atoms with E-state index in [1.807, 2.05) is 49.4 Å². The largest absolute Gasteiger partial charge is 0.508 e. The first-order valence-electron chi connectivity index (χ1n) is 7.93. The van der Waals surface area contributed by atoms with Gasteiger partial charge in [-0.15, -0.1) is 0 Å². The maximum Gasteiger partial charge on any atom is 0.252 e. The standard InChI is InChI=1S/C19H17N3O2/c1-12-19(24)22-11-16(13-7-9-15(23)10-8-13)21-17(18(22)20-12)14-5-3-2-4-6-14/h2-10,12,20,23H,11H2,1H3/p+1. The summed E-state index contributed by atoms with van der Waals surface area (Å²) in [7, 11) is 0. The fraction of sp³-hybridized carbons (Fsp3) is 0.158. The maximum atomic E-state index is 12.5. The van der Waals surface area contributed by atoms with Gasteiger partial charge in [-0.1, -0.05) is 18.2 Å². The molecule has 1 saturated heterocycles. The van der Waals surface area contributed by atoms with Crippen LogP contribution in [-0.4, -0.2) is 34.2 Å². The molecular weight excluding hydrogens is 302 g/mol. The monoisotopic (exact) mass is 320 g/mol. The zero-order valence-electron chi connectivity index (χ0n) is 13.3. The third-order valence-corrected chi connectivity index (χ3v) is 4.37. The van der Waals surface area contributed by atoms with Crippen LogP contribution in [0, 0.1) is 0 Å². The second-order valence-corrected chi connectivity index (χ2v) is 6.03. The van der Waals surface area contributed by atoms with Crippen molar-refractivity contribution >= 4 is 17.3 Å². The zero-order valence-corrected chi connectivity index (χ0v) is 13.3. The maximum absolute atomic E-state index is 12.5. The van der Waals surface area contributed by atoms with Crippen LogP contribution in [0.15, 0.2) is 60.4 Å². The Morgan fingerprint density at radius 2 is 1.79 bits per heavy atom. The van der Waals surface area contributed by atoms with Crippen LogP contribution in [0.4, 0.5) is 0 Å². The zero-order chi connectivity index (χ0) is 16.7. The van der Waals surface area contributed by atoms with Crippen molar-refractivity contribution in [2.45, 2.75) is 13.0 Å². The Hall–Kier alpha value is -3.08. The molecular formula is C19H18N3O2+. The molecule has 2 heterocycles. The van der Waals surface area contributed by atoms with Crippen molar-refractivity contribution in [1.29, 1.82) is 0 Å². The number of aromatic hydroxyl groups is 1. The molecule has 1 fully saturated rings. The molecule has 5 nitrogen and oxygen atoms in total. The lowest BCUT2D eigenvalue weighted by Crippen LogP contribution is -2.75. The molecule has 2 aliphatic heterocycles. The van der Waals surface area contributed by atoms with E-state index in [2.05, 4.69) is 10.3 Å². The molecule has 24 heavy (non-hydrogen) atoms.